The van der Waals surface area contributed by atoms with Gasteiger partial charge >= 0.3 is 6.09 Å². The third kappa shape index (κ3) is 6.12. The van der Waals surface area contributed by atoms with E-state index in [1.54, 1.807) is 32.9 Å². The average Bonchev–Trinajstić information content (AvgIpc) is 3.09. The molecule has 0 saturated heterocycles. The van der Waals surface area contributed by atoms with Gasteiger partial charge in [-0.2, -0.15) is 0 Å². The number of aryl methyl sites for hydroxylation is 4. The predicted molar refractivity (Wildman–Crippen MR) is 122 cm³/mol. The molecule has 6 nitrogen and oxygen atoms in total. The van der Waals surface area contributed by atoms with Crippen molar-refractivity contribution in [1.82, 2.24) is 9.29 Å². The number of fused-ring (bicyclic) bond motifs is 1. The molecule has 1 aromatic carbocycles. The summed E-state index contributed by atoms with van der Waals surface area (Å²) in [7, 11) is -3.99. The SMILES string of the molecule is Cc1ccc(S(=O)(=O)N(CCCCc2cc3c([nH]2)CCCC3)C(=O)OC(C)(C)C)cc1. The van der Waals surface area contributed by atoms with E-state index in [4.69, 9.17) is 4.74 Å². The largest absolute Gasteiger partial charge is 0.443 e. The van der Waals surface area contributed by atoms with Crippen molar-refractivity contribution in [3.05, 3.63) is 52.8 Å². The summed E-state index contributed by atoms with van der Waals surface area (Å²) in [4.78, 5) is 16.4. The predicted octanol–water partition coefficient (Wildman–Crippen LogP) is 5.15. The number of ether oxygens (including phenoxy) is 1. The first-order valence-electron chi connectivity index (χ1n) is 11.1. The third-order valence-corrected chi connectivity index (χ3v) is 7.21. The van der Waals surface area contributed by atoms with Crippen LogP contribution in [0.15, 0.2) is 35.2 Å². The Bertz CT molecular complexity index is 978. The van der Waals surface area contributed by atoms with Crippen LogP contribution >= 0.6 is 0 Å². The zero-order valence-corrected chi connectivity index (χ0v) is 19.8. The fourth-order valence-corrected chi connectivity index (χ4v) is 5.17. The molecule has 0 unspecified atom stereocenters. The number of hydrogen-bond acceptors (Lipinski definition) is 4. The quantitative estimate of drug-likeness (QED) is 0.597. The van der Waals surface area contributed by atoms with Crippen molar-refractivity contribution in [2.45, 2.75) is 83.1 Å². The molecule has 0 spiro atoms. The van der Waals surface area contributed by atoms with Gasteiger partial charge < -0.3 is 9.72 Å². The minimum absolute atomic E-state index is 0.0888. The van der Waals surface area contributed by atoms with Crippen LogP contribution in [-0.4, -0.2) is 35.9 Å². The Kier molecular flexibility index (Phi) is 7.14. The number of rotatable bonds is 7. The molecule has 170 valence electrons. The van der Waals surface area contributed by atoms with Crippen molar-refractivity contribution in [2.75, 3.05) is 6.54 Å². The molecule has 1 aliphatic rings. The standard InChI is InChI=1S/C24H34N2O4S/c1-18-12-14-21(15-13-18)31(28,29)26(23(27)30-24(2,3)4)16-8-7-10-20-17-19-9-5-6-11-22(19)25-20/h12-15,17,25H,5-11,16H2,1-4H3. The van der Waals surface area contributed by atoms with E-state index < -0.39 is 21.7 Å². The van der Waals surface area contributed by atoms with E-state index in [0.29, 0.717) is 6.42 Å². The molecule has 0 bridgehead atoms. The smallest absolute Gasteiger partial charge is 0.424 e. The Labute approximate surface area is 186 Å². The summed E-state index contributed by atoms with van der Waals surface area (Å²) in [5.74, 6) is 0. The van der Waals surface area contributed by atoms with Crippen molar-refractivity contribution in [3.8, 4) is 0 Å². The maximum absolute atomic E-state index is 13.2. The number of aromatic nitrogens is 1. The summed E-state index contributed by atoms with van der Waals surface area (Å²) in [6.45, 7) is 7.17. The van der Waals surface area contributed by atoms with Crippen LogP contribution in [0.25, 0.3) is 0 Å². The molecule has 7 heteroatoms. The number of nitrogens with zero attached hydrogens (tertiary/aromatic N) is 1. The van der Waals surface area contributed by atoms with Crippen molar-refractivity contribution < 1.29 is 17.9 Å². The lowest BCUT2D eigenvalue weighted by atomic mass is 9.98. The summed E-state index contributed by atoms with van der Waals surface area (Å²) in [6, 6.07) is 8.76. The van der Waals surface area contributed by atoms with Crippen LogP contribution in [0.2, 0.25) is 0 Å². The molecule has 0 fully saturated rings. The first-order valence-corrected chi connectivity index (χ1v) is 12.5. The molecule has 0 saturated carbocycles. The minimum atomic E-state index is -3.99. The van der Waals surface area contributed by atoms with Gasteiger partial charge in [-0.1, -0.05) is 17.7 Å². The Morgan fingerprint density at radius 1 is 1.10 bits per heavy atom. The molecular weight excluding hydrogens is 412 g/mol. The molecule has 1 heterocycles. The van der Waals surface area contributed by atoms with Crippen molar-refractivity contribution in [1.29, 1.82) is 0 Å². The molecular formula is C24H34N2O4S. The maximum atomic E-state index is 13.2. The van der Waals surface area contributed by atoms with Gasteiger partial charge in [0, 0.05) is 17.9 Å². The number of unbranched alkanes of at least 4 members (excludes halogenated alkanes) is 1. The molecule has 31 heavy (non-hydrogen) atoms. The highest BCUT2D eigenvalue weighted by molar-refractivity contribution is 7.89. The second kappa shape index (κ2) is 9.47. The highest BCUT2D eigenvalue weighted by Crippen LogP contribution is 2.23. The fourth-order valence-electron chi connectivity index (χ4n) is 3.84. The van der Waals surface area contributed by atoms with Crippen molar-refractivity contribution >= 4 is 16.1 Å². The minimum Gasteiger partial charge on any atom is -0.443 e. The summed E-state index contributed by atoms with van der Waals surface area (Å²) in [5.41, 5.74) is 4.13. The van der Waals surface area contributed by atoms with Gasteiger partial charge in [-0.15, -0.1) is 0 Å². The first-order chi connectivity index (χ1) is 14.6. The van der Waals surface area contributed by atoms with Gasteiger partial charge in [-0.25, -0.2) is 17.5 Å². The second-order valence-electron chi connectivity index (χ2n) is 9.33. The number of aromatic amines is 1. The summed E-state index contributed by atoms with van der Waals surface area (Å²) in [5, 5.41) is 0. The van der Waals surface area contributed by atoms with Crippen LogP contribution in [-0.2, 0) is 34.0 Å². The van der Waals surface area contributed by atoms with Gasteiger partial charge in [0.1, 0.15) is 5.60 Å². The Morgan fingerprint density at radius 3 is 2.42 bits per heavy atom. The normalized spacial score (nSPS) is 14.2. The molecule has 0 aliphatic heterocycles. The lowest BCUT2D eigenvalue weighted by molar-refractivity contribution is 0.0389. The van der Waals surface area contributed by atoms with E-state index in [-0.39, 0.29) is 11.4 Å². The Morgan fingerprint density at radius 2 is 1.77 bits per heavy atom. The Balaban J connectivity index is 1.68. The van der Waals surface area contributed by atoms with E-state index in [1.165, 1.54) is 41.9 Å². The highest BCUT2D eigenvalue weighted by atomic mass is 32.2. The van der Waals surface area contributed by atoms with Crippen LogP contribution in [0.3, 0.4) is 0 Å². The van der Waals surface area contributed by atoms with E-state index in [2.05, 4.69) is 11.1 Å². The second-order valence-corrected chi connectivity index (χ2v) is 11.2. The van der Waals surface area contributed by atoms with E-state index >= 15 is 0 Å². The van der Waals surface area contributed by atoms with Gasteiger partial charge in [0.05, 0.1) is 4.90 Å². The van der Waals surface area contributed by atoms with E-state index in [9.17, 15) is 13.2 Å². The van der Waals surface area contributed by atoms with Crippen LogP contribution < -0.4 is 0 Å². The average molecular weight is 447 g/mol. The van der Waals surface area contributed by atoms with Gasteiger partial charge in [-0.3, -0.25) is 0 Å². The molecule has 3 rings (SSSR count). The number of hydrogen-bond donors (Lipinski definition) is 1. The molecule has 2 aromatic rings. The molecule has 1 aromatic heterocycles. The van der Waals surface area contributed by atoms with Gasteiger partial charge in [0.15, 0.2) is 0 Å². The maximum Gasteiger partial charge on any atom is 0.424 e. The molecule has 0 radical (unpaired) electrons. The zero-order valence-electron chi connectivity index (χ0n) is 19.0. The van der Waals surface area contributed by atoms with Crippen LogP contribution in [0, 0.1) is 6.92 Å². The molecule has 1 N–H and O–H groups in total. The summed E-state index contributed by atoms with van der Waals surface area (Å²) in [6.07, 6.45) is 6.06. The fraction of sp³-hybridized carbons (Fsp3) is 0.542. The van der Waals surface area contributed by atoms with Crippen LogP contribution in [0.5, 0.6) is 0 Å². The number of sulfonamides is 1. The number of amides is 1. The first kappa shape index (κ1) is 23.4. The summed E-state index contributed by atoms with van der Waals surface area (Å²) < 4.78 is 32.7. The number of nitrogens with one attached hydrogen (secondary N) is 1. The molecule has 0 atom stereocenters. The van der Waals surface area contributed by atoms with Gasteiger partial charge in [0.25, 0.3) is 10.0 Å². The van der Waals surface area contributed by atoms with E-state index in [1.807, 2.05) is 6.92 Å². The molecule has 1 amide bonds. The number of benzene rings is 1. The zero-order chi connectivity index (χ0) is 22.6. The van der Waals surface area contributed by atoms with Gasteiger partial charge in [0.2, 0.25) is 0 Å². The third-order valence-electron chi connectivity index (χ3n) is 5.43. The van der Waals surface area contributed by atoms with Crippen molar-refractivity contribution in [2.24, 2.45) is 0 Å². The van der Waals surface area contributed by atoms with Crippen LogP contribution in [0.4, 0.5) is 4.79 Å². The van der Waals surface area contributed by atoms with Gasteiger partial charge in [-0.05, 0) is 96.4 Å². The van der Waals surface area contributed by atoms with E-state index in [0.717, 1.165) is 35.6 Å². The van der Waals surface area contributed by atoms with Crippen LogP contribution in [0.1, 0.15) is 69.0 Å². The lowest BCUT2D eigenvalue weighted by Gasteiger charge is -2.27. The highest BCUT2D eigenvalue weighted by Gasteiger charge is 2.32. The number of carbonyl (C=O) groups excluding carboxylic acids is 1. The topological polar surface area (TPSA) is 79.5 Å². The number of carbonyl (C=O) groups is 1. The number of H-pyrrole nitrogens is 1. The monoisotopic (exact) mass is 446 g/mol. The summed E-state index contributed by atoms with van der Waals surface area (Å²) >= 11 is 0. The van der Waals surface area contributed by atoms with Crippen molar-refractivity contribution in [3.63, 3.8) is 0 Å². The molecule has 1 aliphatic carbocycles. The lowest BCUT2D eigenvalue weighted by Crippen LogP contribution is -2.41. The Hall–Kier alpha value is -2.28.